The summed E-state index contributed by atoms with van der Waals surface area (Å²) in [5.74, 6) is 0.933. The highest BCUT2D eigenvalue weighted by molar-refractivity contribution is 7.89. The molecule has 0 spiro atoms. The number of piperidine rings is 1. The molecule has 1 saturated heterocycles. The van der Waals surface area contributed by atoms with Crippen LogP contribution >= 0.6 is 23.2 Å². The fourth-order valence-electron chi connectivity index (χ4n) is 5.23. The Kier molecular flexibility index (Phi) is 9.41. The summed E-state index contributed by atoms with van der Waals surface area (Å²) in [6.45, 7) is 9.15. The summed E-state index contributed by atoms with van der Waals surface area (Å²) >= 11 is 12.1. The lowest BCUT2D eigenvalue weighted by Crippen LogP contribution is -2.39. The summed E-state index contributed by atoms with van der Waals surface area (Å²) in [5, 5.41) is 11.2. The number of rotatable bonds is 7. The average molecular weight is 655 g/mol. The summed E-state index contributed by atoms with van der Waals surface area (Å²) < 4.78 is 29.5. The lowest BCUT2D eigenvalue weighted by atomic mass is 9.91. The molecule has 1 aliphatic heterocycles. The molecule has 11 heteroatoms. The van der Waals surface area contributed by atoms with Crippen molar-refractivity contribution in [2.24, 2.45) is 5.92 Å². The maximum absolute atomic E-state index is 13.1. The number of halogens is 2. The van der Waals surface area contributed by atoms with Crippen LogP contribution in [0.1, 0.15) is 50.4 Å². The molecule has 2 N–H and O–H groups in total. The zero-order valence-corrected chi connectivity index (χ0v) is 27.6. The number of urea groups is 1. The minimum Gasteiger partial charge on any atom is -0.308 e. The van der Waals surface area contributed by atoms with Crippen molar-refractivity contribution in [1.82, 2.24) is 14.1 Å². The van der Waals surface area contributed by atoms with Crippen LogP contribution in [0.3, 0.4) is 0 Å². The van der Waals surface area contributed by atoms with Gasteiger partial charge in [-0.15, -0.1) is 0 Å². The van der Waals surface area contributed by atoms with Crippen LogP contribution in [-0.4, -0.2) is 41.6 Å². The van der Waals surface area contributed by atoms with Gasteiger partial charge in [-0.3, -0.25) is 5.32 Å². The van der Waals surface area contributed by atoms with Crippen LogP contribution in [0, 0.1) is 12.8 Å². The number of aryl methyl sites for hydroxylation is 1. The predicted molar refractivity (Wildman–Crippen MR) is 178 cm³/mol. The number of carbonyl (C=O) groups excluding carboxylic acids is 1. The Bertz CT molecular complexity index is 1740. The van der Waals surface area contributed by atoms with Gasteiger partial charge in [0.2, 0.25) is 10.0 Å². The first-order valence-corrected chi connectivity index (χ1v) is 16.8. The second-order valence-electron chi connectivity index (χ2n) is 12.3. The Morgan fingerprint density at radius 2 is 1.59 bits per heavy atom. The highest BCUT2D eigenvalue weighted by Gasteiger charge is 2.31. The summed E-state index contributed by atoms with van der Waals surface area (Å²) in [6, 6.07) is 21.8. The van der Waals surface area contributed by atoms with E-state index in [-0.39, 0.29) is 21.4 Å². The molecule has 3 aromatic carbocycles. The minimum atomic E-state index is -3.68. The number of sulfonamides is 1. The average Bonchev–Trinajstić information content (AvgIpc) is 3.39. The molecule has 2 amide bonds. The first-order chi connectivity index (χ1) is 20.8. The van der Waals surface area contributed by atoms with Gasteiger partial charge in [0, 0.05) is 35.3 Å². The lowest BCUT2D eigenvalue weighted by molar-refractivity contribution is 0.262. The van der Waals surface area contributed by atoms with Gasteiger partial charge in [0.1, 0.15) is 10.7 Å². The molecule has 2 heterocycles. The van der Waals surface area contributed by atoms with E-state index in [1.807, 2.05) is 61.5 Å². The summed E-state index contributed by atoms with van der Waals surface area (Å²) in [4.78, 5) is 13.1. The largest absolute Gasteiger partial charge is 0.324 e. The molecule has 0 aliphatic carbocycles. The van der Waals surface area contributed by atoms with Crippen LogP contribution in [0.2, 0.25) is 10.0 Å². The number of nitrogens with zero attached hydrogens (tertiary/aromatic N) is 3. The fourth-order valence-corrected chi connectivity index (χ4v) is 7.45. The lowest BCUT2D eigenvalue weighted by Gasteiger charge is -2.31. The van der Waals surface area contributed by atoms with Crippen LogP contribution in [0.15, 0.2) is 77.7 Å². The van der Waals surface area contributed by atoms with Gasteiger partial charge in [0.15, 0.2) is 0 Å². The Balaban J connectivity index is 1.18. The zero-order valence-electron chi connectivity index (χ0n) is 25.3. The van der Waals surface area contributed by atoms with Crippen molar-refractivity contribution < 1.29 is 13.2 Å². The topological polar surface area (TPSA) is 96.3 Å². The monoisotopic (exact) mass is 653 g/mol. The molecule has 1 aliphatic rings. The van der Waals surface area contributed by atoms with Gasteiger partial charge in [-0.05, 0) is 80.1 Å². The number of nitrogens with one attached hydrogen (secondary N) is 2. The van der Waals surface area contributed by atoms with E-state index in [0.29, 0.717) is 35.5 Å². The highest BCUT2D eigenvalue weighted by Crippen LogP contribution is 2.31. The van der Waals surface area contributed by atoms with E-state index in [0.717, 1.165) is 41.8 Å². The maximum Gasteiger partial charge on any atom is 0.324 e. The Morgan fingerprint density at radius 3 is 2.20 bits per heavy atom. The SMILES string of the molecule is Cc1ccc(-n2nc(C(C)(C)C)cc2NC(=O)Nc2ccc(CC3CCN(S(=O)(=O)c4ccc(Cl)cc4Cl)CC3)cc2)cc1. The van der Waals surface area contributed by atoms with E-state index in [4.69, 9.17) is 28.3 Å². The molecule has 0 unspecified atom stereocenters. The molecular formula is C33H37Cl2N5O3S. The predicted octanol–water partition coefficient (Wildman–Crippen LogP) is 8.07. The van der Waals surface area contributed by atoms with Crippen LogP contribution in [0.5, 0.6) is 0 Å². The van der Waals surface area contributed by atoms with Crippen molar-refractivity contribution in [2.75, 3.05) is 23.7 Å². The van der Waals surface area contributed by atoms with E-state index < -0.39 is 10.0 Å². The third-order valence-electron chi connectivity index (χ3n) is 7.82. The van der Waals surface area contributed by atoms with Crippen molar-refractivity contribution >= 4 is 50.8 Å². The van der Waals surface area contributed by atoms with E-state index in [1.165, 1.54) is 16.4 Å². The molecule has 4 aromatic rings. The Morgan fingerprint density at radius 1 is 0.932 bits per heavy atom. The molecule has 0 saturated carbocycles. The summed E-state index contributed by atoms with van der Waals surface area (Å²) in [5.41, 5.74) is 4.49. The number of hydrogen-bond donors (Lipinski definition) is 2. The number of benzene rings is 3. The van der Waals surface area contributed by atoms with E-state index in [2.05, 4.69) is 31.4 Å². The Hall–Kier alpha value is -3.37. The highest BCUT2D eigenvalue weighted by atomic mass is 35.5. The normalized spacial score (nSPS) is 14.9. The quantitative estimate of drug-likeness (QED) is 0.211. The molecule has 8 nitrogen and oxygen atoms in total. The number of hydrogen-bond acceptors (Lipinski definition) is 4. The van der Waals surface area contributed by atoms with Crippen molar-refractivity contribution in [1.29, 1.82) is 0 Å². The number of carbonyl (C=O) groups is 1. The van der Waals surface area contributed by atoms with Crippen molar-refractivity contribution in [3.8, 4) is 5.69 Å². The third kappa shape index (κ3) is 7.46. The summed E-state index contributed by atoms with van der Waals surface area (Å²) in [6.07, 6.45) is 2.32. The molecule has 5 rings (SSSR count). The Labute approximate surface area is 269 Å². The molecule has 44 heavy (non-hydrogen) atoms. The smallest absolute Gasteiger partial charge is 0.308 e. The molecule has 1 aromatic heterocycles. The number of amides is 2. The van der Waals surface area contributed by atoms with Crippen molar-refractivity contribution in [2.45, 2.75) is 57.3 Å². The molecule has 0 bridgehead atoms. The molecule has 0 atom stereocenters. The van der Waals surface area contributed by atoms with Crippen LogP contribution in [0.4, 0.5) is 16.3 Å². The first-order valence-electron chi connectivity index (χ1n) is 14.6. The summed E-state index contributed by atoms with van der Waals surface area (Å²) in [7, 11) is -3.68. The fraction of sp³-hybridized carbons (Fsp3) is 0.333. The minimum absolute atomic E-state index is 0.0865. The van der Waals surface area contributed by atoms with Gasteiger partial charge in [0.05, 0.1) is 16.4 Å². The van der Waals surface area contributed by atoms with Gasteiger partial charge in [-0.2, -0.15) is 9.40 Å². The molecule has 232 valence electrons. The second-order valence-corrected chi connectivity index (χ2v) is 15.1. The van der Waals surface area contributed by atoms with Gasteiger partial charge in [-0.25, -0.2) is 17.9 Å². The van der Waals surface area contributed by atoms with E-state index in [9.17, 15) is 13.2 Å². The maximum atomic E-state index is 13.1. The molecular weight excluding hydrogens is 617 g/mol. The van der Waals surface area contributed by atoms with Gasteiger partial charge in [0.25, 0.3) is 0 Å². The van der Waals surface area contributed by atoms with Crippen LogP contribution in [0.25, 0.3) is 5.69 Å². The standard InChI is InChI=1S/C33H37Cl2N5O3S/c1-22-5-12-27(13-6-22)40-31(21-30(38-40)33(2,3)4)37-32(41)36-26-10-7-23(8-11-26)19-24-15-17-39(18-16-24)44(42,43)29-14-9-25(34)20-28(29)35/h5-14,20-21,24H,15-19H2,1-4H3,(H2,36,37,41). The van der Waals surface area contributed by atoms with E-state index in [1.54, 1.807) is 10.7 Å². The second kappa shape index (κ2) is 12.9. The van der Waals surface area contributed by atoms with E-state index >= 15 is 0 Å². The van der Waals surface area contributed by atoms with Crippen molar-refractivity contribution in [3.63, 3.8) is 0 Å². The van der Waals surface area contributed by atoms with Crippen molar-refractivity contribution in [3.05, 3.63) is 99.7 Å². The first kappa shape index (κ1) is 32.0. The molecule has 1 fully saturated rings. The van der Waals surface area contributed by atoms with Crippen LogP contribution in [-0.2, 0) is 21.9 Å². The number of aromatic nitrogens is 2. The van der Waals surface area contributed by atoms with Gasteiger partial charge in [-0.1, -0.05) is 73.8 Å². The zero-order chi connectivity index (χ0) is 31.6. The van der Waals surface area contributed by atoms with Crippen LogP contribution < -0.4 is 10.6 Å². The third-order valence-corrected chi connectivity index (χ3v) is 10.4. The van der Waals surface area contributed by atoms with Gasteiger partial charge >= 0.3 is 6.03 Å². The number of anilines is 2. The molecule has 0 radical (unpaired) electrons. The van der Waals surface area contributed by atoms with Gasteiger partial charge < -0.3 is 5.32 Å².